The Bertz CT molecular complexity index is 418. The van der Waals surface area contributed by atoms with E-state index >= 15 is 0 Å². The van der Waals surface area contributed by atoms with E-state index in [4.69, 9.17) is 10.5 Å². The van der Waals surface area contributed by atoms with E-state index in [9.17, 15) is 4.79 Å². The summed E-state index contributed by atoms with van der Waals surface area (Å²) in [7, 11) is 1.81. The van der Waals surface area contributed by atoms with Gasteiger partial charge in [-0.2, -0.15) is 0 Å². The Hall–Kier alpha value is -1.39. The molecule has 4 nitrogen and oxygen atoms in total. The van der Waals surface area contributed by atoms with E-state index in [-0.39, 0.29) is 11.8 Å². The maximum Gasteiger partial charge on any atom is 0.231 e. The largest absolute Gasteiger partial charge is 0.379 e. The van der Waals surface area contributed by atoms with Gasteiger partial charge >= 0.3 is 0 Å². The maximum absolute atomic E-state index is 12.4. The molecule has 2 rings (SSSR count). The number of likely N-dealkylation sites (N-methyl/N-ethyl adjacent to an activating group) is 1. The highest BCUT2D eigenvalue weighted by Crippen LogP contribution is 2.28. The van der Waals surface area contributed by atoms with Crippen LogP contribution >= 0.6 is 0 Å². The predicted molar refractivity (Wildman–Crippen MR) is 79.4 cm³/mol. The van der Waals surface area contributed by atoms with Crippen LogP contribution < -0.4 is 5.73 Å². The molecule has 4 heteroatoms. The second-order valence-electron chi connectivity index (χ2n) is 5.48. The first kappa shape index (κ1) is 15.0. The van der Waals surface area contributed by atoms with E-state index < -0.39 is 0 Å². The zero-order chi connectivity index (χ0) is 14.4. The summed E-state index contributed by atoms with van der Waals surface area (Å²) in [5.74, 6) is 0.565. The molecule has 1 aliphatic carbocycles. The highest BCUT2D eigenvalue weighted by molar-refractivity contribution is 5.83. The van der Waals surface area contributed by atoms with Gasteiger partial charge in [0.15, 0.2) is 0 Å². The van der Waals surface area contributed by atoms with Crippen molar-refractivity contribution in [1.82, 2.24) is 4.90 Å². The second-order valence-corrected chi connectivity index (χ2v) is 5.48. The summed E-state index contributed by atoms with van der Waals surface area (Å²) in [4.78, 5) is 14.1. The van der Waals surface area contributed by atoms with Crippen molar-refractivity contribution in [2.45, 2.75) is 18.8 Å². The van der Waals surface area contributed by atoms with Crippen LogP contribution in [0.15, 0.2) is 30.3 Å². The average molecular weight is 276 g/mol. The average Bonchev–Trinajstić information content (AvgIpc) is 3.29. The number of carbonyl (C=O) groups is 1. The van der Waals surface area contributed by atoms with Crippen LogP contribution in [0.2, 0.25) is 0 Å². The first-order valence-electron chi connectivity index (χ1n) is 7.30. The van der Waals surface area contributed by atoms with E-state index in [2.05, 4.69) is 0 Å². The fourth-order valence-electron chi connectivity index (χ4n) is 2.18. The maximum atomic E-state index is 12.4. The molecule has 1 atom stereocenters. The topological polar surface area (TPSA) is 55.6 Å². The minimum absolute atomic E-state index is 0.0636. The molecule has 0 heterocycles. The van der Waals surface area contributed by atoms with Crippen molar-refractivity contribution < 1.29 is 9.53 Å². The molecule has 0 aliphatic heterocycles. The fourth-order valence-corrected chi connectivity index (χ4v) is 2.18. The van der Waals surface area contributed by atoms with Crippen molar-refractivity contribution in [1.29, 1.82) is 0 Å². The van der Waals surface area contributed by atoms with Gasteiger partial charge in [0.05, 0.1) is 12.5 Å². The summed E-state index contributed by atoms with van der Waals surface area (Å²) in [6, 6.07) is 9.71. The van der Waals surface area contributed by atoms with Gasteiger partial charge in [-0.15, -0.1) is 0 Å². The van der Waals surface area contributed by atoms with Gasteiger partial charge in [0.2, 0.25) is 5.91 Å². The molecule has 0 saturated heterocycles. The number of nitrogens with two attached hydrogens (primary N) is 1. The molecule has 1 saturated carbocycles. The van der Waals surface area contributed by atoms with Crippen LogP contribution in [0.3, 0.4) is 0 Å². The standard InChI is InChI=1S/C16H24N2O2/c1-18(9-10-20-12-13-7-8-13)16(19)15(11-17)14-5-3-2-4-6-14/h2-6,13,15H,7-12,17H2,1H3. The van der Waals surface area contributed by atoms with Crippen LogP contribution in [0, 0.1) is 5.92 Å². The lowest BCUT2D eigenvalue weighted by Gasteiger charge is -2.23. The normalized spacial score (nSPS) is 15.9. The summed E-state index contributed by atoms with van der Waals surface area (Å²) in [6.07, 6.45) is 2.58. The molecular formula is C16H24N2O2. The van der Waals surface area contributed by atoms with Crippen LogP contribution in [0.4, 0.5) is 0 Å². The molecule has 0 bridgehead atoms. The Morgan fingerprint density at radius 3 is 2.70 bits per heavy atom. The third-order valence-electron chi connectivity index (χ3n) is 3.73. The van der Waals surface area contributed by atoms with Crippen molar-refractivity contribution >= 4 is 5.91 Å². The number of carbonyl (C=O) groups excluding carboxylic acids is 1. The summed E-state index contributed by atoms with van der Waals surface area (Å²) in [5.41, 5.74) is 6.75. The molecular weight excluding hydrogens is 252 g/mol. The first-order valence-corrected chi connectivity index (χ1v) is 7.30. The van der Waals surface area contributed by atoms with Crippen LogP contribution in [0.1, 0.15) is 24.3 Å². The Morgan fingerprint density at radius 1 is 1.40 bits per heavy atom. The number of ether oxygens (including phenoxy) is 1. The van der Waals surface area contributed by atoms with Crippen LogP contribution in [-0.2, 0) is 9.53 Å². The van der Waals surface area contributed by atoms with Crippen molar-refractivity contribution in [2.75, 3.05) is 33.4 Å². The molecule has 1 fully saturated rings. The van der Waals surface area contributed by atoms with Gasteiger partial charge < -0.3 is 15.4 Å². The molecule has 1 aromatic carbocycles. The van der Waals surface area contributed by atoms with Crippen LogP contribution in [-0.4, -0.2) is 44.2 Å². The molecule has 0 radical (unpaired) electrons. The Labute approximate surface area is 120 Å². The SMILES string of the molecule is CN(CCOCC1CC1)C(=O)C(CN)c1ccccc1. The van der Waals surface area contributed by atoms with E-state index in [1.807, 2.05) is 37.4 Å². The number of benzene rings is 1. The molecule has 0 spiro atoms. The van der Waals surface area contributed by atoms with Gasteiger partial charge in [0, 0.05) is 26.7 Å². The lowest BCUT2D eigenvalue weighted by Crippen LogP contribution is -2.37. The van der Waals surface area contributed by atoms with E-state index in [1.54, 1.807) is 4.90 Å². The Balaban J connectivity index is 1.80. The van der Waals surface area contributed by atoms with Gasteiger partial charge in [0.25, 0.3) is 0 Å². The lowest BCUT2D eigenvalue weighted by atomic mass is 9.98. The summed E-state index contributed by atoms with van der Waals surface area (Å²) in [5, 5.41) is 0. The second kappa shape index (κ2) is 7.41. The fraction of sp³-hybridized carbons (Fsp3) is 0.562. The molecule has 20 heavy (non-hydrogen) atoms. The highest BCUT2D eigenvalue weighted by atomic mass is 16.5. The van der Waals surface area contributed by atoms with Crippen molar-refractivity contribution in [3.63, 3.8) is 0 Å². The van der Waals surface area contributed by atoms with Gasteiger partial charge in [-0.05, 0) is 24.3 Å². The van der Waals surface area contributed by atoms with Gasteiger partial charge in [-0.3, -0.25) is 4.79 Å². The molecule has 1 aliphatic rings. The quantitative estimate of drug-likeness (QED) is 0.734. The number of nitrogens with zero attached hydrogens (tertiary/aromatic N) is 1. The third-order valence-corrected chi connectivity index (χ3v) is 3.73. The zero-order valence-electron chi connectivity index (χ0n) is 12.1. The molecule has 1 unspecified atom stereocenters. The van der Waals surface area contributed by atoms with Crippen molar-refractivity contribution in [3.05, 3.63) is 35.9 Å². The molecule has 2 N–H and O–H groups in total. The summed E-state index contributed by atoms with van der Waals surface area (Å²) >= 11 is 0. The monoisotopic (exact) mass is 276 g/mol. The Kier molecular flexibility index (Phi) is 5.56. The molecule has 0 aromatic heterocycles. The first-order chi connectivity index (χ1) is 9.72. The molecule has 1 aromatic rings. The Morgan fingerprint density at radius 2 is 2.10 bits per heavy atom. The van der Waals surface area contributed by atoms with Gasteiger partial charge in [0.1, 0.15) is 0 Å². The summed E-state index contributed by atoms with van der Waals surface area (Å²) < 4.78 is 5.57. The number of hydrogen-bond acceptors (Lipinski definition) is 3. The van der Waals surface area contributed by atoms with Crippen LogP contribution in [0.5, 0.6) is 0 Å². The summed E-state index contributed by atoms with van der Waals surface area (Å²) in [6.45, 7) is 2.39. The minimum atomic E-state index is -0.260. The van der Waals surface area contributed by atoms with Gasteiger partial charge in [-0.25, -0.2) is 0 Å². The highest BCUT2D eigenvalue weighted by Gasteiger charge is 2.23. The van der Waals surface area contributed by atoms with Crippen LogP contribution in [0.25, 0.3) is 0 Å². The van der Waals surface area contributed by atoms with Gasteiger partial charge in [-0.1, -0.05) is 30.3 Å². The molecule has 110 valence electrons. The third kappa shape index (κ3) is 4.32. The smallest absolute Gasteiger partial charge is 0.231 e. The van der Waals surface area contributed by atoms with Crippen molar-refractivity contribution in [2.24, 2.45) is 11.7 Å². The van der Waals surface area contributed by atoms with E-state index in [0.717, 1.165) is 18.1 Å². The number of hydrogen-bond donors (Lipinski definition) is 1. The number of amides is 1. The number of rotatable bonds is 8. The minimum Gasteiger partial charge on any atom is -0.379 e. The van der Waals surface area contributed by atoms with E-state index in [1.165, 1.54) is 12.8 Å². The molecule has 1 amide bonds. The lowest BCUT2D eigenvalue weighted by molar-refractivity contribution is -0.132. The zero-order valence-corrected chi connectivity index (χ0v) is 12.1. The van der Waals surface area contributed by atoms with Crippen molar-refractivity contribution in [3.8, 4) is 0 Å². The predicted octanol–water partition coefficient (Wildman–Crippen LogP) is 1.61. The van der Waals surface area contributed by atoms with E-state index in [0.29, 0.717) is 19.7 Å².